The minimum atomic E-state index is -0.985. The maximum atomic E-state index is 13.3. The summed E-state index contributed by atoms with van der Waals surface area (Å²) in [6.07, 6.45) is -0.190. The van der Waals surface area contributed by atoms with E-state index in [0.717, 1.165) is 0 Å². The van der Waals surface area contributed by atoms with E-state index in [1.165, 1.54) is 4.90 Å². The smallest absolute Gasteiger partial charge is 0.259 e. The van der Waals surface area contributed by atoms with E-state index < -0.39 is 11.9 Å². The van der Waals surface area contributed by atoms with Gasteiger partial charge in [-0.05, 0) is 48.5 Å². The van der Waals surface area contributed by atoms with Gasteiger partial charge in [0.15, 0.2) is 0 Å². The van der Waals surface area contributed by atoms with Crippen molar-refractivity contribution in [1.82, 2.24) is 0 Å². The molecule has 0 saturated heterocycles. The molecule has 1 aliphatic rings. The zero-order chi connectivity index (χ0) is 21.8. The number of nitrogens with one attached hydrogen (secondary N) is 2. The first-order valence-corrected chi connectivity index (χ1v) is 9.79. The summed E-state index contributed by atoms with van der Waals surface area (Å²) in [6, 6.07) is 21.6. The fraction of sp³-hybridized carbons (Fsp3) is 0.125. The van der Waals surface area contributed by atoms with Crippen molar-refractivity contribution in [3.05, 3.63) is 84.4 Å². The summed E-state index contributed by atoms with van der Waals surface area (Å²) >= 11 is 0. The van der Waals surface area contributed by atoms with Crippen LogP contribution < -0.4 is 20.3 Å². The highest BCUT2D eigenvalue weighted by atomic mass is 16.5. The van der Waals surface area contributed by atoms with Gasteiger partial charge in [0.05, 0.1) is 24.9 Å². The Labute approximate surface area is 179 Å². The second kappa shape index (κ2) is 8.71. The predicted octanol–water partition coefficient (Wildman–Crippen LogP) is 3.69. The molecule has 0 saturated carbocycles. The lowest BCUT2D eigenvalue weighted by Gasteiger charge is -2.36. The third-order valence-electron chi connectivity index (χ3n) is 5.03. The molecule has 3 aromatic carbocycles. The van der Waals surface area contributed by atoms with Crippen molar-refractivity contribution in [2.24, 2.45) is 0 Å². The molecule has 0 fully saturated rings. The van der Waals surface area contributed by atoms with E-state index in [9.17, 15) is 14.4 Å². The van der Waals surface area contributed by atoms with Crippen LogP contribution in [0.2, 0.25) is 0 Å². The lowest BCUT2D eigenvalue weighted by Crippen LogP contribution is -2.52. The number of carbonyl (C=O) groups is 3. The molecule has 7 heteroatoms. The van der Waals surface area contributed by atoms with Gasteiger partial charge in [0.25, 0.3) is 5.91 Å². The number of methoxy groups -OCH3 is 1. The Kier molecular flexibility index (Phi) is 5.66. The van der Waals surface area contributed by atoms with E-state index in [4.69, 9.17) is 4.74 Å². The third kappa shape index (κ3) is 4.25. The van der Waals surface area contributed by atoms with E-state index in [1.54, 1.807) is 79.9 Å². The molecule has 1 atom stereocenters. The number of rotatable bonds is 5. The molecule has 0 aromatic heterocycles. The van der Waals surface area contributed by atoms with E-state index >= 15 is 0 Å². The maximum absolute atomic E-state index is 13.3. The van der Waals surface area contributed by atoms with Gasteiger partial charge in [0, 0.05) is 11.3 Å². The average Bonchev–Trinajstić information content (AvgIpc) is 2.80. The van der Waals surface area contributed by atoms with Gasteiger partial charge in [-0.25, -0.2) is 0 Å². The molecule has 0 radical (unpaired) electrons. The number of carbonyl (C=O) groups excluding carboxylic acids is 3. The molecular formula is C24H21N3O4. The highest BCUT2D eigenvalue weighted by molar-refractivity contribution is 6.17. The first-order valence-electron chi connectivity index (χ1n) is 9.79. The van der Waals surface area contributed by atoms with Gasteiger partial charge in [-0.15, -0.1) is 0 Å². The van der Waals surface area contributed by atoms with Crippen LogP contribution in [-0.2, 0) is 9.59 Å². The normalized spacial score (nSPS) is 14.9. The lowest BCUT2D eigenvalue weighted by atomic mass is 10.0. The number of fused-ring (bicyclic) bond motifs is 1. The Hall–Kier alpha value is -4.13. The topological polar surface area (TPSA) is 87.7 Å². The summed E-state index contributed by atoms with van der Waals surface area (Å²) in [6.45, 7) is 0. The number of hydrogen-bond acceptors (Lipinski definition) is 4. The second-order valence-corrected chi connectivity index (χ2v) is 7.04. The van der Waals surface area contributed by atoms with Crippen LogP contribution >= 0.6 is 0 Å². The zero-order valence-electron chi connectivity index (χ0n) is 16.9. The van der Waals surface area contributed by atoms with Crippen molar-refractivity contribution in [3.63, 3.8) is 0 Å². The number of hydrogen-bond donors (Lipinski definition) is 2. The molecule has 7 nitrogen and oxygen atoms in total. The SMILES string of the molecule is COc1ccc(NC(=O)C[C@@H]2C(=O)Nc3ccccc3N2C(=O)c2ccccc2)cc1. The van der Waals surface area contributed by atoms with Gasteiger partial charge < -0.3 is 15.4 Å². The van der Waals surface area contributed by atoms with Crippen molar-refractivity contribution < 1.29 is 19.1 Å². The second-order valence-electron chi connectivity index (χ2n) is 7.04. The summed E-state index contributed by atoms with van der Waals surface area (Å²) in [5.41, 5.74) is 2.10. The number of anilines is 3. The molecule has 3 amide bonds. The molecular weight excluding hydrogens is 394 g/mol. The van der Waals surface area contributed by atoms with Crippen LogP contribution in [0.1, 0.15) is 16.8 Å². The Morgan fingerprint density at radius 1 is 0.968 bits per heavy atom. The fourth-order valence-corrected chi connectivity index (χ4v) is 3.51. The van der Waals surface area contributed by atoms with Crippen molar-refractivity contribution in [3.8, 4) is 5.75 Å². The van der Waals surface area contributed by atoms with Gasteiger partial charge in [-0.1, -0.05) is 30.3 Å². The molecule has 0 unspecified atom stereocenters. The van der Waals surface area contributed by atoms with Gasteiger partial charge >= 0.3 is 0 Å². The number of amides is 3. The van der Waals surface area contributed by atoms with Gasteiger partial charge in [0.2, 0.25) is 11.8 Å². The quantitative estimate of drug-likeness (QED) is 0.665. The molecule has 4 rings (SSSR count). The Morgan fingerprint density at radius 2 is 1.65 bits per heavy atom. The Balaban J connectivity index is 1.61. The molecule has 31 heavy (non-hydrogen) atoms. The minimum absolute atomic E-state index is 0.190. The molecule has 0 spiro atoms. The monoisotopic (exact) mass is 415 g/mol. The first-order chi connectivity index (χ1) is 15.1. The number of benzene rings is 3. The molecule has 156 valence electrons. The van der Waals surface area contributed by atoms with Crippen LogP contribution in [0, 0.1) is 0 Å². The van der Waals surface area contributed by atoms with E-state index in [0.29, 0.717) is 28.4 Å². The number of para-hydroxylation sites is 2. The molecule has 3 aromatic rings. The Bertz CT molecular complexity index is 1110. The number of ether oxygens (including phenoxy) is 1. The number of nitrogens with zero attached hydrogens (tertiary/aromatic N) is 1. The molecule has 1 heterocycles. The summed E-state index contributed by atoms with van der Waals surface area (Å²) < 4.78 is 5.12. The fourth-order valence-electron chi connectivity index (χ4n) is 3.51. The summed E-state index contributed by atoms with van der Waals surface area (Å²) in [5, 5.41) is 5.57. The van der Waals surface area contributed by atoms with Crippen LogP contribution in [0.5, 0.6) is 5.75 Å². The standard InChI is InChI=1S/C24H21N3O4/c1-31-18-13-11-17(12-14-18)25-22(28)15-21-23(29)26-19-9-5-6-10-20(19)27(21)24(30)16-7-3-2-4-8-16/h2-14,21H,15H2,1H3,(H,25,28)(H,26,29)/t21-/m1/s1. The highest BCUT2D eigenvalue weighted by Crippen LogP contribution is 2.34. The van der Waals surface area contributed by atoms with Crippen LogP contribution in [0.25, 0.3) is 0 Å². The summed E-state index contributed by atoms with van der Waals surface area (Å²) in [4.78, 5) is 40.3. The van der Waals surface area contributed by atoms with Crippen molar-refractivity contribution in [2.75, 3.05) is 22.6 Å². The van der Waals surface area contributed by atoms with Crippen LogP contribution in [0.3, 0.4) is 0 Å². The predicted molar refractivity (Wildman–Crippen MR) is 118 cm³/mol. The van der Waals surface area contributed by atoms with Crippen molar-refractivity contribution in [2.45, 2.75) is 12.5 Å². The molecule has 2 N–H and O–H groups in total. The maximum Gasteiger partial charge on any atom is 0.259 e. The Morgan fingerprint density at radius 3 is 2.35 bits per heavy atom. The van der Waals surface area contributed by atoms with Gasteiger partial charge in [0.1, 0.15) is 11.8 Å². The van der Waals surface area contributed by atoms with Crippen LogP contribution in [-0.4, -0.2) is 30.9 Å². The van der Waals surface area contributed by atoms with E-state index in [2.05, 4.69) is 10.6 Å². The average molecular weight is 415 g/mol. The minimum Gasteiger partial charge on any atom is -0.497 e. The largest absolute Gasteiger partial charge is 0.497 e. The van der Waals surface area contributed by atoms with Crippen LogP contribution in [0.4, 0.5) is 17.1 Å². The van der Waals surface area contributed by atoms with Crippen LogP contribution in [0.15, 0.2) is 78.9 Å². The van der Waals surface area contributed by atoms with E-state index in [1.807, 2.05) is 6.07 Å². The summed E-state index contributed by atoms with van der Waals surface area (Å²) in [5.74, 6) is -0.463. The highest BCUT2D eigenvalue weighted by Gasteiger charge is 2.38. The van der Waals surface area contributed by atoms with Gasteiger partial charge in [-0.2, -0.15) is 0 Å². The molecule has 0 aliphatic carbocycles. The molecule has 1 aliphatic heterocycles. The third-order valence-corrected chi connectivity index (χ3v) is 5.03. The van der Waals surface area contributed by atoms with E-state index in [-0.39, 0.29) is 18.2 Å². The first kappa shape index (κ1) is 20.2. The van der Waals surface area contributed by atoms with Gasteiger partial charge in [-0.3, -0.25) is 19.3 Å². The van der Waals surface area contributed by atoms with Crippen molar-refractivity contribution >= 4 is 34.8 Å². The molecule has 0 bridgehead atoms. The lowest BCUT2D eigenvalue weighted by molar-refractivity contribution is -0.122. The zero-order valence-corrected chi connectivity index (χ0v) is 16.9. The summed E-state index contributed by atoms with van der Waals surface area (Å²) in [7, 11) is 1.56. The van der Waals surface area contributed by atoms with Crippen molar-refractivity contribution in [1.29, 1.82) is 0 Å².